The minimum atomic E-state index is -0.472. The van der Waals surface area contributed by atoms with Gasteiger partial charge in [0.1, 0.15) is 0 Å². The van der Waals surface area contributed by atoms with Gasteiger partial charge in [-0.15, -0.1) is 11.3 Å². The van der Waals surface area contributed by atoms with E-state index in [9.17, 15) is 9.59 Å². The number of aromatic nitrogens is 1. The lowest BCUT2D eigenvalue weighted by molar-refractivity contribution is -0.123. The number of benzene rings is 1. The molecular formula is C18H23N3O2S. The van der Waals surface area contributed by atoms with Crippen molar-refractivity contribution in [3.05, 3.63) is 47.0 Å². The van der Waals surface area contributed by atoms with Crippen LogP contribution in [0.3, 0.4) is 0 Å². The van der Waals surface area contributed by atoms with Crippen molar-refractivity contribution in [1.82, 2.24) is 10.3 Å². The van der Waals surface area contributed by atoms with E-state index in [4.69, 9.17) is 0 Å². The van der Waals surface area contributed by atoms with Crippen molar-refractivity contribution in [1.29, 1.82) is 0 Å². The Balaban J connectivity index is 1.77. The molecule has 0 aliphatic rings. The molecule has 0 unspecified atom stereocenters. The maximum absolute atomic E-state index is 12.0. The van der Waals surface area contributed by atoms with Gasteiger partial charge in [-0.2, -0.15) is 0 Å². The zero-order chi connectivity index (χ0) is 17.6. The Hall–Kier alpha value is -2.21. The minimum absolute atomic E-state index is 0.0649. The Bertz CT molecular complexity index is 690. The van der Waals surface area contributed by atoms with Crippen LogP contribution in [0.1, 0.15) is 32.0 Å². The summed E-state index contributed by atoms with van der Waals surface area (Å²) in [6.07, 6.45) is 1.02. The molecule has 2 amide bonds. The average molecular weight is 345 g/mol. The normalized spacial score (nSPS) is 11.1. The van der Waals surface area contributed by atoms with E-state index in [1.54, 1.807) is 5.38 Å². The fraction of sp³-hybridized carbons (Fsp3) is 0.389. The van der Waals surface area contributed by atoms with Gasteiger partial charge in [0.05, 0.1) is 12.1 Å². The molecule has 6 heteroatoms. The van der Waals surface area contributed by atoms with E-state index in [2.05, 4.69) is 15.6 Å². The number of anilines is 1. The van der Waals surface area contributed by atoms with Crippen molar-refractivity contribution >= 4 is 28.3 Å². The molecule has 24 heavy (non-hydrogen) atoms. The number of amides is 2. The molecule has 5 nitrogen and oxygen atoms in total. The van der Waals surface area contributed by atoms with Crippen LogP contribution < -0.4 is 10.6 Å². The van der Waals surface area contributed by atoms with Crippen LogP contribution >= 0.6 is 11.3 Å². The highest BCUT2D eigenvalue weighted by Crippen LogP contribution is 2.20. The van der Waals surface area contributed by atoms with Crippen LogP contribution in [0.15, 0.2) is 35.7 Å². The Morgan fingerprint density at radius 1 is 1.17 bits per heavy atom. The molecule has 2 aromatic rings. The summed E-state index contributed by atoms with van der Waals surface area (Å²) in [5.41, 5.74) is 1.39. The molecular weight excluding hydrogens is 322 g/mol. The van der Waals surface area contributed by atoms with Crippen molar-refractivity contribution in [2.24, 2.45) is 5.41 Å². The summed E-state index contributed by atoms with van der Waals surface area (Å²) in [7, 11) is 0. The van der Waals surface area contributed by atoms with E-state index in [-0.39, 0.29) is 18.2 Å². The number of hydrogen-bond donors (Lipinski definition) is 2. The third kappa shape index (κ3) is 5.77. The molecule has 0 aliphatic heterocycles. The summed E-state index contributed by atoms with van der Waals surface area (Å²) >= 11 is 1.33. The van der Waals surface area contributed by atoms with Gasteiger partial charge in [-0.3, -0.25) is 9.59 Å². The highest BCUT2D eigenvalue weighted by atomic mass is 32.1. The molecule has 1 heterocycles. The molecule has 128 valence electrons. The zero-order valence-corrected chi connectivity index (χ0v) is 15.1. The lowest BCUT2D eigenvalue weighted by Crippen LogP contribution is -2.28. The average Bonchev–Trinajstić information content (AvgIpc) is 2.94. The first kappa shape index (κ1) is 18.1. The smallest absolute Gasteiger partial charge is 0.231 e. The summed E-state index contributed by atoms with van der Waals surface area (Å²) in [5, 5.41) is 8.00. The van der Waals surface area contributed by atoms with Gasteiger partial charge >= 0.3 is 0 Å². The molecule has 0 atom stereocenters. The van der Waals surface area contributed by atoms with E-state index < -0.39 is 5.41 Å². The molecule has 2 rings (SSSR count). The van der Waals surface area contributed by atoms with Crippen molar-refractivity contribution < 1.29 is 9.59 Å². The molecule has 1 aromatic carbocycles. The van der Waals surface area contributed by atoms with Crippen molar-refractivity contribution in [3.8, 4) is 0 Å². The van der Waals surface area contributed by atoms with Crippen molar-refractivity contribution in [2.75, 3.05) is 11.9 Å². The van der Waals surface area contributed by atoms with Gasteiger partial charge in [-0.05, 0) is 12.0 Å². The lowest BCUT2D eigenvalue weighted by atomic mass is 9.96. The maximum atomic E-state index is 12.0. The van der Waals surface area contributed by atoms with E-state index in [0.29, 0.717) is 17.4 Å². The Kier molecular flexibility index (Phi) is 6.09. The van der Waals surface area contributed by atoms with Crippen LogP contribution in [0, 0.1) is 5.41 Å². The molecule has 1 aromatic heterocycles. The van der Waals surface area contributed by atoms with Crippen LogP contribution in [-0.2, 0) is 22.4 Å². The zero-order valence-electron chi connectivity index (χ0n) is 14.3. The van der Waals surface area contributed by atoms with E-state index >= 15 is 0 Å². The molecule has 0 radical (unpaired) electrons. The quantitative estimate of drug-likeness (QED) is 0.845. The summed E-state index contributed by atoms with van der Waals surface area (Å²) in [6.45, 7) is 6.13. The molecule has 0 spiro atoms. The Morgan fingerprint density at radius 3 is 2.54 bits per heavy atom. The van der Waals surface area contributed by atoms with Gasteiger partial charge in [-0.1, -0.05) is 51.1 Å². The highest BCUT2D eigenvalue weighted by Gasteiger charge is 2.22. The number of thiazole rings is 1. The monoisotopic (exact) mass is 345 g/mol. The number of carbonyl (C=O) groups excluding carboxylic acids is 2. The summed E-state index contributed by atoms with van der Waals surface area (Å²) < 4.78 is 0. The molecule has 0 saturated carbocycles. The minimum Gasteiger partial charge on any atom is -0.355 e. The standard InChI is InChI=1S/C18H23N3O2S/c1-18(2,3)16(23)21-17-20-14(12-24-17)11-15(22)19-10-9-13-7-5-4-6-8-13/h4-8,12H,9-11H2,1-3H3,(H,19,22)(H,20,21,23). The first-order valence-electron chi connectivity index (χ1n) is 7.91. The fourth-order valence-electron chi connectivity index (χ4n) is 1.95. The number of carbonyl (C=O) groups is 2. The molecule has 0 saturated heterocycles. The lowest BCUT2D eigenvalue weighted by Gasteiger charge is -2.15. The van der Waals surface area contributed by atoms with Crippen molar-refractivity contribution in [2.45, 2.75) is 33.6 Å². The summed E-state index contributed by atoms with van der Waals surface area (Å²) in [6, 6.07) is 10.0. The fourth-order valence-corrected chi connectivity index (χ4v) is 2.65. The molecule has 0 bridgehead atoms. The first-order chi connectivity index (χ1) is 11.3. The van der Waals surface area contributed by atoms with Crippen LogP contribution in [0.5, 0.6) is 0 Å². The first-order valence-corrected chi connectivity index (χ1v) is 8.79. The predicted octanol–water partition coefficient (Wildman–Crippen LogP) is 3.03. The van der Waals surface area contributed by atoms with Crippen LogP contribution in [0.2, 0.25) is 0 Å². The summed E-state index contributed by atoms with van der Waals surface area (Å²) in [5.74, 6) is -0.152. The molecule has 0 fully saturated rings. The third-order valence-corrected chi connectivity index (χ3v) is 4.18. The second kappa shape index (κ2) is 8.06. The number of rotatable bonds is 6. The topological polar surface area (TPSA) is 71.1 Å². The highest BCUT2D eigenvalue weighted by molar-refractivity contribution is 7.13. The second-order valence-electron chi connectivity index (χ2n) is 6.61. The summed E-state index contributed by atoms with van der Waals surface area (Å²) in [4.78, 5) is 28.2. The number of hydrogen-bond acceptors (Lipinski definition) is 4. The second-order valence-corrected chi connectivity index (χ2v) is 7.47. The van der Waals surface area contributed by atoms with Gasteiger partial charge in [0.2, 0.25) is 11.8 Å². The van der Waals surface area contributed by atoms with Gasteiger partial charge in [0, 0.05) is 17.3 Å². The van der Waals surface area contributed by atoms with Gasteiger partial charge in [-0.25, -0.2) is 4.98 Å². The largest absolute Gasteiger partial charge is 0.355 e. The third-order valence-electron chi connectivity index (χ3n) is 3.37. The SMILES string of the molecule is CC(C)(C)C(=O)Nc1nc(CC(=O)NCCc2ccccc2)cs1. The van der Waals surface area contributed by atoms with Crippen molar-refractivity contribution in [3.63, 3.8) is 0 Å². The van der Waals surface area contributed by atoms with Crippen LogP contribution in [0.25, 0.3) is 0 Å². The van der Waals surface area contributed by atoms with Gasteiger partial charge in [0.15, 0.2) is 5.13 Å². The predicted molar refractivity (Wildman–Crippen MR) is 97.1 cm³/mol. The Labute approximate surface area is 146 Å². The number of nitrogens with one attached hydrogen (secondary N) is 2. The van der Waals surface area contributed by atoms with Crippen LogP contribution in [0.4, 0.5) is 5.13 Å². The van der Waals surface area contributed by atoms with E-state index in [0.717, 1.165) is 6.42 Å². The Morgan fingerprint density at radius 2 is 1.88 bits per heavy atom. The van der Waals surface area contributed by atoms with Gasteiger partial charge in [0.25, 0.3) is 0 Å². The molecule has 2 N–H and O–H groups in total. The number of nitrogens with zero attached hydrogens (tertiary/aromatic N) is 1. The van der Waals surface area contributed by atoms with E-state index in [1.807, 2.05) is 51.1 Å². The van der Waals surface area contributed by atoms with E-state index in [1.165, 1.54) is 16.9 Å². The molecule has 0 aliphatic carbocycles. The maximum Gasteiger partial charge on any atom is 0.231 e. The van der Waals surface area contributed by atoms with Crippen LogP contribution in [-0.4, -0.2) is 23.3 Å². The van der Waals surface area contributed by atoms with Gasteiger partial charge < -0.3 is 10.6 Å².